The highest BCUT2D eigenvalue weighted by Gasteiger charge is 2.28. The molecule has 0 bridgehead atoms. The molecule has 1 aromatic carbocycles. The Labute approximate surface area is 124 Å². The van der Waals surface area contributed by atoms with E-state index in [0.717, 1.165) is 5.56 Å². The normalized spacial score (nSPS) is 20.3. The lowest BCUT2D eigenvalue weighted by molar-refractivity contribution is -0.136. The topological polar surface area (TPSA) is 83.9 Å². The minimum Gasteiger partial charge on any atom is -0.481 e. The molecule has 0 amide bonds. The fourth-order valence-corrected chi connectivity index (χ4v) is 3.73. The molecule has 1 fully saturated rings. The molecule has 6 nitrogen and oxygen atoms in total. The number of rotatable bonds is 5. The van der Waals surface area contributed by atoms with Crippen LogP contribution in [-0.4, -0.2) is 49.6 Å². The summed E-state index contributed by atoms with van der Waals surface area (Å²) in [5, 5.41) is 8.64. The fraction of sp³-hybridized carbons (Fsp3) is 0.500. The van der Waals surface area contributed by atoms with Crippen LogP contribution in [0.3, 0.4) is 0 Å². The van der Waals surface area contributed by atoms with Crippen molar-refractivity contribution in [2.45, 2.75) is 30.8 Å². The standard InChI is InChI=1S/C14H19NO5S/c1-11-10-15(8-9-20-11)21(18,19)13-5-2-12(3-6-13)4-7-14(16)17/h2-3,5-6,11H,4,7-10H2,1H3,(H,16,17). The third-order valence-corrected chi connectivity index (χ3v) is 5.27. The highest BCUT2D eigenvalue weighted by atomic mass is 32.2. The van der Waals surface area contributed by atoms with Crippen LogP contribution in [0.25, 0.3) is 0 Å². The summed E-state index contributed by atoms with van der Waals surface area (Å²) in [6.45, 7) is 2.95. The summed E-state index contributed by atoms with van der Waals surface area (Å²) in [7, 11) is -3.51. The lowest BCUT2D eigenvalue weighted by Crippen LogP contribution is -2.44. The highest BCUT2D eigenvalue weighted by Crippen LogP contribution is 2.19. The van der Waals surface area contributed by atoms with Crippen molar-refractivity contribution in [3.63, 3.8) is 0 Å². The van der Waals surface area contributed by atoms with Crippen molar-refractivity contribution in [3.8, 4) is 0 Å². The molecule has 1 heterocycles. The van der Waals surface area contributed by atoms with Gasteiger partial charge in [-0.1, -0.05) is 12.1 Å². The zero-order valence-corrected chi connectivity index (χ0v) is 12.7. The molecule has 0 radical (unpaired) electrons. The van der Waals surface area contributed by atoms with Gasteiger partial charge in [0.15, 0.2) is 0 Å². The van der Waals surface area contributed by atoms with E-state index in [-0.39, 0.29) is 17.4 Å². The summed E-state index contributed by atoms with van der Waals surface area (Å²) in [5.41, 5.74) is 0.812. The van der Waals surface area contributed by atoms with E-state index < -0.39 is 16.0 Å². The Balaban J connectivity index is 2.11. The van der Waals surface area contributed by atoms with E-state index in [4.69, 9.17) is 9.84 Å². The van der Waals surface area contributed by atoms with E-state index in [1.54, 1.807) is 12.1 Å². The Hall–Kier alpha value is -1.44. The van der Waals surface area contributed by atoms with Crippen LogP contribution in [0.15, 0.2) is 29.2 Å². The van der Waals surface area contributed by atoms with Gasteiger partial charge in [-0.15, -0.1) is 0 Å². The molecule has 2 rings (SSSR count). The largest absolute Gasteiger partial charge is 0.481 e. The molecule has 0 aliphatic carbocycles. The molecular weight excluding hydrogens is 294 g/mol. The SMILES string of the molecule is CC1CN(S(=O)(=O)c2ccc(CCC(=O)O)cc2)CCO1. The van der Waals surface area contributed by atoms with Crippen LogP contribution in [0.2, 0.25) is 0 Å². The Morgan fingerprint density at radius 3 is 2.62 bits per heavy atom. The van der Waals surface area contributed by atoms with Crippen LogP contribution in [-0.2, 0) is 26.0 Å². The number of sulfonamides is 1. The third-order valence-electron chi connectivity index (χ3n) is 3.39. The second-order valence-corrected chi connectivity index (χ2v) is 7.02. The van der Waals surface area contributed by atoms with Gasteiger partial charge in [-0.25, -0.2) is 8.42 Å². The monoisotopic (exact) mass is 313 g/mol. The van der Waals surface area contributed by atoms with Gasteiger partial charge in [-0.05, 0) is 31.0 Å². The van der Waals surface area contributed by atoms with Crippen LogP contribution < -0.4 is 0 Å². The molecule has 21 heavy (non-hydrogen) atoms. The predicted molar refractivity (Wildman–Crippen MR) is 76.6 cm³/mol. The molecule has 0 saturated carbocycles. The number of carboxylic acid groups (broad SMARTS) is 1. The molecule has 1 aliphatic heterocycles. The number of hydrogen-bond acceptors (Lipinski definition) is 4. The highest BCUT2D eigenvalue weighted by molar-refractivity contribution is 7.89. The number of aryl methyl sites for hydroxylation is 1. The minimum absolute atomic E-state index is 0.0348. The number of aliphatic carboxylic acids is 1. The molecule has 0 spiro atoms. The van der Waals surface area contributed by atoms with Gasteiger partial charge in [0, 0.05) is 19.5 Å². The van der Waals surface area contributed by atoms with E-state index >= 15 is 0 Å². The van der Waals surface area contributed by atoms with Crippen LogP contribution >= 0.6 is 0 Å². The first kappa shape index (κ1) is 15.9. The summed E-state index contributed by atoms with van der Waals surface area (Å²) in [5.74, 6) is -0.867. The lowest BCUT2D eigenvalue weighted by Gasteiger charge is -2.30. The molecule has 1 N–H and O–H groups in total. The maximum atomic E-state index is 12.5. The van der Waals surface area contributed by atoms with Crippen LogP contribution in [0.1, 0.15) is 18.9 Å². The maximum absolute atomic E-state index is 12.5. The van der Waals surface area contributed by atoms with E-state index in [2.05, 4.69) is 0 Å². The molecule has 1 aliphatic rings. The van der Waals surface area contributed by atoms with Gasteiger partial charge < -0.3 is 9.84 Å². The number of hydrogen-bond donors (Lipinski definition) is 1. The number of carboxylic acids is 1. The van der Waals surface area contributed by atoms with Gasteiger partial charge in [-0.2, -0.15) is 4.31 Å². The molecule has 116 valence electrons. The maximum Gasteiger partial charge on any atom is 0.303 e. The van der Waals surface area contributed by atoms with Gasteiger partial charge in [0.25, 0.3) is 0 Å². The van der Waals surface area contributed by atoms with E-state index in [9.17, 15) is 13.2 Å². The zero-order chi connectivity index (χ0) is 15.5. The summed E-state index contributed by atoms with van der Waals surface area (Å²) in [6, 6.07) is 6.40. The summed E-state index contributed by atoms with van der Waals surface area (Å²) in [6.07, 6.45) is 0.320. The van der Waals surface area contributed by atoms with Crippen molar-refractivity contribution < 1.29 is 23.1 Å². The Kier molecular flexibility index (Phi) is 4.97. The second kappa shape index (κ2) is 6.55. The number of ether oxygens (including phenoxy) is 1. The number of carbonyl (C=O) groups is 1. The quantitative estimate of drug-likeness (QED) is 0.880. The lowest BCUT2D eigenvalue weighted by atomic mass is 10.1. The van der Waals surface area contributed by atoms with Crippen molar-refractivity contribution in [1.82, 2.24) is 4.31 Å². The predicted octanol–water partition coefficient (Wildman–Crippen LogP) is 1.11. The van der Waals surface area contributed by atoms with E-state index in [1.165, 1.54) is 16.4 Å². The van der Waals surface area contributed by atoms with Crippen molar-refractivity contribution in [2.24, 2.45) is 0 Å². The Bertz CT molecular complexity index is 596. The molecule has 0 aromatic heterocycles. The first-order chi connectivity index (χ1) is 9.89. The minimum atomic E-state index is -3.51. The number of benzene rings is 1. The molecular formula is C14H19NO5S. The number of morpholine rings is 1. The smallest absolute Gasteiger partial charge is 0.303 e. The van der Waals surface area contributed by atoms with Gasteiger partial charge in [0.1, 0.15) is 0 Å². The summed E-state index contributed by atoms with van der Waals surface area (Å²) < 4.78 is 31.7. The van der Waals surface area contributed by atoms with Crippen molar-refractivity contribution >= 4 is 16.0 Å². The van der Waals surface area contributed by atoms with Crippen LogP contribution in [0.4, 0.5) is 0 Å². The van der Waals surface area contributed by atoms with Crippen LogP contribution in [0, 0.1) is 0 Å². The van der Waals surface area contributed by atoms with Gasteiger partial charge in [0.05, 0.1) is 17.6 Å². The molecule has 1 unspecified atom stereocenters. The average molecular weight is 313 g/mol. The van der Waals surface area contributed by atoms with Gasteiger partial charge in [0.2, 0.25) is 10.0 Å². The summed E-state index contributed by atoms with van der Waals surface area (Å²) in [4.78, 5) is 10.8. The summed E-state index contributed by atoms with van der Waals surface area (Å²) >= 11 is 0. The van der Waals surface area contributed by atoms with E-state index in [1.807, 2.05) is 6.92 Å². The molecule has 1 atom stereocenters. The molecule has 1 aromatic rings. The van der Waals surface area contributed by atoms with Crippen molar-refractivity contribution in [3.05, 3.63) is 29.8 Å². The number of nitrogens with zero attached hydrogens (tertiary/aromatic N) is 1. The van der Waals surface area contributed by atoms with E-state index in [0.29, 0.717) is 26.1 Å². The Morgan fingerprint density at radius 2 is 2.05 bits per heavy atom. The van der Waals surface area contributed by atoms with Gasteiger partial charge >= 0.3 is 5.97 Å². The Morgan fingerprint density at radius 1 is 1.38 bits per heavy atom. The third kappa shape index (κ3) is 4.03. The molecule has 7 heteroatoms. The van der Waals surface area contributed by atoms with Crippen LogP contribution in [0.5, 0.6) is 0 Å². The van der Waals surface area contributed by atoms with Crippen molar-refractivity contribution in [1.29, 1.82) is 0 Å². The molecule has 1 saturated heterocycles. The van der Waals surface area contributed by atoms with Gasteiger partial charge in [-0.3, -0.25) is 4.79 Å². The van der Waals surface area contributed by atoms with Crippen molar-refractivity contribution in [2.75, 3.05) is 19.7 Å². The average Bonchev–Trinajstić information content (AvgIpc) is 2.45. The zero-order valence-electron chi connectivity index (χ0n) is 11.9. The first-order valence-corrected chi connectivity index (χ1v) is 8.26. The second-order valence-electron chi connectivity index (χ2n) is 5.08. The fourth-order valence-electron chi connectivity index (χ4n) is 2.23. The first-order valence-electron chi connectivity index (χ1n) is 6.82.